The Hall–Kier alpha value is -1.46. The maximum absolute atomic E-state index is 12.5. The van der Waals surface area contributed by atoms with E-state index in [-0.39, 0.29) is 28.7 Å². The Morgan fingerprint density at radius 3 is 2.58 bits per heavy atom. The first-order chi connectivity index (χ1) is 15.8. The molecule has 0 aromatic rings. The van der Waals surface area contributed by atoms with E-state index in [0.717, 1.165) is 76.9 Å². The lowest BCUT2D eigenvalue weighted by Gasteiger charge is -2.57. The van der Waals surface area contributed by atoms with Gasteiger partial charge in [0.15, 0.2) is 5.78 Å². The van der Waals surface area contributed by atoms with Crippen molar-refractivity contribution < 1.29 is 19.1 Å². The van der Waals surface area contributed by atoms with Crippen LogP contribution in [0.1, 0.15) is 72.1 Å². The third kappa shape index (κ3) is 4.14. The van der Waals surface area contributed by atoms with Gasteiger partial charge in [0.25, 0.3) is 0 Å². The van der Waals surface area contributed by atoms with Gasteiger partial charge in [0.05, 0.1) is 19.6 Å². The number of rotatable bonds is 5. The number of ketones is 1. The predicted molar refractivity (Wildman–Crippen MR) is 128 cm³/mol. The van der Waals surface area contributed by atoms with Gasteiger partial charge in [0, 0.05) is 26.1 Å². The zero-order chi connectivity index (χ0) is 23.2. The highest BCUT2D eigenvalue weighted by Crippen LogP contribution is 2.65. The molecule has 5 rings (SSSR count). The molecular weight excluding hydrogens is 414 g/mol. The molecule has 6 unspecified atom stereocenters. The molecule has 5 aliphatic rings. The number of esters is 1. The smallest absolute Gasteiger partial charge is 0.307 e. The maximum Gasteiger partial charge on any atom is 0.307 e. The Labute approximate surface area is 198 Å². The van der Waals surface area contributed by atoms with Crippen LogP contribution in [0.2, 0.25) is 0 Å². The summed E-state index contributed by atoms with van der Waals surface area (Å²) in [5.41, 5.74) is 2.92. The largest absolute Gasteiger partial charge is 0.462 e. The van der Waals surface area contributed by atoms with Crippen LogP contribution in [0, 0.1) is 28.6 Å². The summed E-state index contributed by atoms with van der Waals surface area (Å²) in [6, 6.07) is 0. The first kappa shape index (κ1) is 23.3. The zero-order valence-electron chi connectivity index (χ0n) is 20.7. The summed E-state index contributed by atoms with van der Waals surface area (Å²) >= 11 is 0. The van der Waals surface area contributed by atoms with Crippen LogP contribution in [0.15, 0.2) is 23.3 Å². The van der Waals surface area contributed by atoms with E-state index in [1.165, 1.54) is 12.0 Å². The number of fused-ring (bicyclic) bond motifs is 5. The van der Waals surface area contributed by atoms with Crippen molar-refractivity contribution in [2.45, 2.75) is 78.2 Å². The van der Waals surface area contributed by atoms with Gasteiger partial charge in [0.2, 0.25) is 0 Å². The van der Waals surface area contributed by atoms with Crippen LogP contribution in [-0.2, 0) is 19.1 Å². The van der Waals surface area contributed by atoms with Gasteiger partial charge in [-0.3, -0.25) is 14.5 Å². The van der Waals surface area contributed by atoms with E-state index in [4.69, 9.17) is 9.47 Å². The van der Waals surface area contributed by atoms with Crippen molar-refractivity contribution in [3.8, 4) is 0 Å². The minimum absolute atomic E-state index is 0.0318. The van der Waals surface area contributed by atoms with Crippen LogP contribution in [-0.4, -0.2) is 55.6 Å². The highest BCUT2D eigenvalue weighted by molar-refractivity contribution is 5.95. The van der Waals surface area contributed by atoms with Crippen LogP contribution in [0.5, 0.6) is 0 Å². The number of Topliss-reactive ketones (excluding diaryl/α,β-unsaturated/α-hetero) is 1. The summed E-state index contributed by atoms with van der Waals surface area (Å²) in [5.74, 6) is 2.17. The molecule has 0 radical (unpaired) electrons. The average Bonchev–Trinajstić information content (AvgIpc) is 3.16. The molecule has 0 amide bonds. The van der Waals surface area contributed by atoms with Crippen LogP contribution in [0.25, 0.3) is 0 Å². The number of carbonyl (C=O) groups is 2. The summed E-state index contributed by atoms with van der Waals surface area (Å²) < 4.78 is 11.3. The van der Waals surface area contributed by atoms with Crippen LogP contribution < -0.4 is 0 Å². The first-order valence-electron chi connectivity index (χ1n) is 13.2. The fourth-order valence-corrected chi connectivity index (χ4v) is 8.16. The van der Waals surface area contributed by atoms with E-state index in [2.05, 4.69) is 30.9 Å². The van der Waals surface area contributed by atoms with Crippen molar-refractivity contribution in [3.63, 3.8) is 0 Å². The van der Waals surface area contributed by atoms with E-state index >= 15 is 0 Å². The second-order valence-electron chi connectivity index (χ2n) is 11.7. The molecule has 2 saturated carbocycles. The summed E-state index contributed by atoms with van der Waals surface area (Å²) in [4.78, 5) is 27.1. The number of hydrogen-bond donors (Lipinski definition) is 0. The lowest BCUT2D eigenvalue weighted by molar-refractivity contribution is -0.152. The van der Waals surface area contributed by atoms with Gasteiger partial charge < -0.3 is 9.47 Å². The third-order valence-corrected chi connectivity index (χ3v) is 10.1. The summed E-state index contributed by atoms with van der Waals surface area (Å²) in [6.45, 7) is 10.7. The molecule has 0 aromatic carbocycles. The van der Waals surface area contributed by atoms with E-state index in [9.17, 15) is 9.59 Å². The Bertz CT molecular complexity index is 856. The molecule has 6 atom stereocenters. The van der Waals surface area contributed by atoms with Gasteiger partial charge in [0.1, 0.15) is 6.10 Å². The van der Waals surface area contributed by atoms with Gasteiger partial charge in [-0.1, -0.05) is 31.6 Å². The van der Waals surface area contributed by atoms with Crippen molar-refractivity contribution in [3.05, 3.63) is 23.3 Å². The maximum atomic E-state index is 12.5. The van der Waals surface area contributed by atoms with E-state index in [1.54, 1.807) is 6.92 Å². The Kier molecular flexibility index (Phi) is 6.32. The minimum atomic E-state index is -0.0494. The fourth-order valence-electron chi connectivity index (χ4n) is 8.16. The monoisotopic (exact) mass is 455 g/mol. The summed E-state index contributed by atoms with van der Waals surface area (Å²) in [5, 5.41) is 0. The molecule has 1 heterocycles. The predicted octanol–water partition coefficient (Wildman–Crippen LogP) is 4.71. The molecule has 5 nitrogen and oxygen atoms in total. The fraction of sp³-hybridized carbons (Fsp3) is 0.786. The average molecular weight is 456 g/mol. The number of morpholine rings is 1. The second-order valence-corrected chi connectivity index (χ2v) is 11.7. The number of nitrogens with zero attached hydrogens (tertiary/aromatic N) is 1. The number of ether oxygens (including phenoxy) is 2. The Morgan fingerprint density at radius 2 is 1.82 bits per heavy atom. The second kappa shape index (κ2) is 8.96. The van der Waals surface area contributed by atoms with E-state index < -0.39 is 0 Å². The summed E-state index contributed by atoms with van der Waals surface area (Å²) in [6.07, 6.45) is 12.8. The highest BCUT2D eigenvalue weighted by atomic mass is 16.5. The number of allylic oxidation sites excluding steroid dienone is 3. The molecule has 0 aromatic heterocycles. The van der Waals surface area contributed by atoms with Crippen LogP contribution in [0.4, 0.5) is 0 Å². The molecular formula is C28H41NO4. The van der Waals surface area contributed by atoms with Gasteiger partial charge in [-0.25, -0.2) is 0 Å². The molecule has 4 aliphatic carbocycles. The van der Waals surface area contributed by atoms with Gasteiger partial charge in [-0.2, -0.15) is 0 Å². The molecule has 0 bridgehead atoms. The SMILES string of the molecule is CC(=O)C1=CCC2C3CC=C4CC(OC(=O)CCN5CCOCC5)CCC4(C)C3CCC12C. The third-order valence-electron chi connectivity index (χ3n) is 10.1. The normalized spacial score (nSPS) is 40.7. The Balaban J connectivity index is 1.21. The van der Waals surface area contributed by atoms with Crippen molar-refractivity contribution >= 4 is 11.8 Å². The topological polar surface area (TPSA) is 55.8 Å². The summed E-state index contributed by atoms with van der Waals surface area (Å²) in [7, 11) is 0. The minimum Gasteiger partial charge on any atom is -0.462 e. The van der Waals surface area contributed by atoms with Crippen molar-refractivity contribution in [1.82, 2.24) is 4.90 Å². The molecule has 0 N–H and O–H groups in total. The van der Waals surface area contributed by atoms with Gasteiger partial charge in [-0.05, 0) is 79.6 Å². The van der Waals surface area contributed by atoms with Crippen LogP contribution >= 0.6 is 0 Å². The zero-order valence-corrected chi connectivity index (χ0v) is 20.7. The van der Waals surface area contributed by atoms with Crippen molar-refractivity contribution in [2.24, 2.45) is 28.6 Å². The standard InChI is InChI=1S/C28H41NO4/c1-19(30)23-6-7-24-22-5-4-20-18-21(33-26(31)10-13-29-14-16-32-17-15-29)8-11-27(20,2)25(22)9-12-28(23,24)3/h4,6,21-22,24-25H,5,7-18H2,1-3H3. The van der Waals surface area contributed by atoms with E-state index in [1.807, 2.05) is 0 Å². The molecule has 1 saturated heterocycles. The molecule has 5 heteroatoms. The highest BCUT2D eigenvalue weighted by Gasteiger charge is 2.57. The lowest BCUT2D eigenvalue weighted by Crippen LogP contribution is -2.50. The van der Waals surface area contributed by atoms with Crippen LogP contribution in [0.3, 0.4) is 0 Å². The van der Waals surface area contributed by atoms with Gasteiger partial charge in [-0.15, -0.1) is 0 Å². The molecule has 182 valence electrons. The number of carbonyl (C=O) groups excluding carboxylic acids is 2. The van der Waals surface area contributed by atoms with Crippen molar-refractivity contribution in [1.29, 1.82) is 0 Å². The Morgan fingerprint density at radius 1 is 1.06 bits per heavy atom. The molecule has 33 heavy (non-hydrogen) atoms. The molecule has 3 fully saturated rings. The quantitative estimate of drug-likeness (QED) is 0.444. The molecule has 0 spiro atoms. The lowest BCUT2D eigenvalue weighted by atomic mass is 9.47. The van der Waals surface area contributed by atoms with Gasteiger partial charge >= 0.3 is 5.97 Å². The molecule has 1 aliphatic heterocycles. The first-order valence-corrected chi connectivity index (χ1v) is 13.2. The van der Waals surface area contributed by atoms with Crippen molar-refractivity contribution in [2.75, 3.05) is 32.8 Å². The number of hydrogen-bond acceptors (Lipinski definition) is 5. The van der Waals surface area contributed by atoms with E-state index in [0.29, 0.717) is 24.2 Å².